The highest BCUT2D eigenvalue weighted by atomic mass is 16.3. The van der Waals surface area contributed by atoms with E-state index in [1.54, 1.807) is 15.9 Å². The first-order valence-corrected chi connectivity index (χ1v) is 16.7. The van der Waals surface area contributed by atoms with Crippen molar-refractivity contribution < 1.29 is 19.5 Å². The number of nitrogens with one attached hydrogen (secondary N) is 3. The molecule has 0 radical (unpaired) electrons. The lowest BCUT2D eigenvalue weighted by Crippen LogP contribution is -2.53. The predicted octanol–water partition coefficient (Wildman–Crippen LogP) is 5.48. The largest absolute Gasteiger partial charge is 0.389 e. The van der Waals surface area contributed by atoms with E-state index in [1.165, 1.54) is 6.42 Å². The summed E-state index contributed by atoms with van der Waals surface area (Å²) in [6, 6.07) is 14.6. The third-order valence-electron chi connectivity index (χ3n) is 8.76. The van der Waals surface area contributed by atoms with Crippen LogP contribution in [0.4, 0.5) is 16.2 Å². The van der Waals surface area contributed by atoms with Crippen molar-refractivity contribution >= 4 is 29.2 Å². The number of anilines is 2. The SMILES string of the molecule is CCCCCNc1cc(C(=O)N[C@@H](Cc2ccccc2)[C@@H](O)CN(CC)C(=O)NC2CCCCC2)cc(N2CCCC2=O)c1. The number of unbranched alkanes of at least 4 members (excludes halogenated alkanes) is 2. The Bertz CT molecular complexity index is 1220. The van der Waals surface area contributed by atoms with Gasteiger partial charge in [0.05, 0.1) is 18.7 Å². The second-order valence-electron chi connectivity index (χ2n) is 12.2. The molecule has 4 N–H and O–H groups in total. The molecule has 0 bridgehead atoms. The number of aliphatic hydroxyl groups is 1. The predicted molar refractivity (Wildman–Crippen MR) is 176 cm³/mol. The Morgan fingerprint density at radius 1 is 1.02 bits per heavy atom. The zero-order valence-corrected chi connectivity index (χ0v) is 26.5. The summed E-state index contributed by atoms with van der Waals surface area (Å²) in [5, 5.41) is 21.2. The van der Waals surface area contributed by atoms with E-state index in [9.17, 15) is 19.5 Å². The van der Waals surface area contributed by atoms with Crippen LogP contribution in [0.1, 0.15) is 94.0 Å². The molecule has 2 aliphatic rings. The lowest BCUT2D eigenvalue weighted by Gasteiger charge is -2.32. The van der Waals surface area contributed by atoms with E-state index in [1.807, 2.05) is 49.4 Å². The summed E-state index contributed by atoms with van der Waals surface area (Å²) in [5.74, 6) is -0.271. The Morgan fingerprint density at radius 3 is 2.48 bits per heavy atom. The number of carbonyl (C=O) groups excluding carboxylic acids is 3. The summed E-state index contributed by atoms with van der Waals surface area (Å²) in [6.07, 6.45) is 9.35. The minimum Gasteiger partial charge on any atom is -0.389 e. The molecule has 0 spiro atoms. The van der Waals surface area contributed by atoms with Crippen LogP contribution in [0, 0.1) is 0 Å². The number of benzene rings is 2. The van der Waals surface area contributed by atoms with Crippen LogP contribution in [0.5, 0.6) is 0 Å². The third-order valence-corrected chi connectivity index (χ3v) is 8.76. The first kappa shape index (κ1) is 33.3. The van der Waals surface area contributed by atoms with Crippen molar-refractivity contribution in [1.82, 2.24) is 15.5 Å². The first-order valence-electron chi connectivity index (χ1n) is 16.7. The Balaban J connectivity index is 1.52. The van der Waals surface area contributed by atoms with Crippen molar-refractivity contribution in [2.45, 2.75) is 103 Å². The van der Waals surface area contributed by atoms with Gasteiger partial charge in [0.2, 0.25) is 5.91 Å². The smallest absolute Gasteiger partial charge is 0.317 e. The highest BCUT2D eigenvalue weighted by molar-refractivity contribution is 6.00. The average Bonchev–Trinajstić information content (AvgIpc) is 3.48. The van der Waals surface area contributed by atoms with E-state index in [2.05, 4.69) is 22.9 Å². The third kappa shape index (κ3) is 9.71. The van der Waals surface area contributed by atoms with Crippen LogP contribution in [-0.4, -0.2) is 72.2 Å². The molecular weight excluding hydrogens is 554 g/mol. The van der Waals surface area contributed by atoms with Gasteiger partial charge in [-0.25, -0.2) is 4.79 Å². The van der Waals surface area contributed by atoms with E-state index in [-0.39, 0.29) is 30.4 Å². The van der Waals surface area contributed by atoms with Crippen LogP contribution in [0.25, 0.3) is 0 Å². The van der Waals surface area contributed by atoms with Gasteiger partial charge < -0.3 is 30.9 Å². The average molecular weight is 606 g/mol. The van der Waals surface area contributed by atoms with Crippen LogP contribution in [0.3, 0.4) is 0 Å². The fourth-order valence-corrected chi connectivity index (χ4v) is 6.15. The highest BCUT2D eigenvalue weighted by Crippen LogP contribution is 2.27. The number of amides is 4. The first-order chi connectivity index (χ1) is 21.4. The molecule has 1 saturated heterocycles. The van der Waals surface area contributed by atoms with Gasteiger partial charge in [-0.1, -0.05) is 69.4 Å². The van der Waals surface area contributed by atoms with E-state index >= 15 is 0 Å². The van der Waals surface area contributed by atoms with Gasteiger partial charge in [-0.3, -0.25) is 9.59 Å². The summed E-state index contributed by atoms with van der Waals surface area (Å²) in [4.78, 5) is 42.9. The lowest BCUT2D eigenvalue weighted by molar-refractivity contribution is -0.117. The molecule has 2 atom stereocenters. The fourth-order valence-electron chi connectivity index (χ4n) is 6.15. The molecule has 2 aromatic rings. The summed E-state index contributed by atoms with van der Waals surface area (Å²) in [5.41, 5.74) is 2.89. The number of carbonyl (C=O) groups is 3. The van der Waals surface area contributed by atoms with Gasteiger partial charge in [-0.15, -0.1) is 0 Å². The second kappa shape index (κ2) is 17.0. The summed E-state index contributed by atoms with van der Waals surface area (Å²) in [7, 11) is 0. The Morgan fingerprint density at radius 2 is 1.80 bits per heavy atom. The van der Waals surface area contributed by atoms with E-state index in [0.29, 0.717) is 37.2 Å². The quantitative estimate of drug-likeness (QED) is 0.201. The summed E-state index contributed by atoms with van der Waals surface area (Å²) in [6.45, 7) is 6.01. The number of urea groups is 1. The van der Waals surface area contributed by atoms with E-state index in [0.717, 1.165) is 69.2 Å². The van der Waals surface area contributed by atoms with Crippen LogP contribution >= 0.6 is 0 Å². The maximum Gasteiger partial charge on any atom is 0.317 e. The number of rotatable bonds is 15. The number of aliphatic hydroxyl groups excluding tert-OH is 1. The van der Waals surface area contributed by atoms with Crippen molar-refractivity contribution in [1.29, 1.82) is 0 Å². The van der Waals surface area contributed by atoms with E-state index in [4.69, 9.17) is 0 Å². The van der Waals surface area contributed by atoms with Gasteiger partial charge in [-0.2, -0.15) is 0 Å². The normalized spacial score (nSPS) is 16.8. The van der Waals surface area contributed by atoms with Crippen LogP contribution in [0.2, 0.25) is 0 Å². The zero-order valence-electron chi connectivity index (χ0n) is 26.5. The zero-order chi connectivity index (χ0) is 31.3. The molecule has 1 aliphatic carbocycles. The van der Waals surface area contributed by atoms with E-state index < -0.39 is 12.1 Å². The molecule has 240 valence electrons. The summed E-state index contributed by atoms with van der Waals surface area (Å²) >= 11 is 0. The van der Waals surface area contributed by atoms with Crippen molar-refractivity contribution in [2.75, 3.05) is 36.4 Å². The molecule has 9 nitrogen and oxygen atoms in total. The van der Waals surface area contributed by atoms with Gasteiger partial charge in [-0.05, 0) is 62.8 Å². The molecule has 0 unspecified atom stereocenters. The Kier molecular flexibility index (Phi) is 12.9. The molecule has 0 aromatic heterocycles. The Labute approximate surface area is 262 Å². The van der Waals surface area contributed by atoms with Crippen molar-refractivity contribution in [3.05, 3.63) is 59.7 Å². The Hall–Kier alpha value is -3.59. The number of hydrogen-bond donors (Lipinski definition) is 4. The molecule has 9 heteroatoms. The molecule has 2 aromatic carbocycles. The van der Waals surface area contributed by atoms with Crippen LogP contribution < -0.4 is 20.9 Å². The molecular formula is C35H51N5O4. The molecule has 4 amide bonds. The van der Waals surface area contributed by atoms with Gasteiger partial charge in [0.25, 0.3) is 5.91 Å². The molecule has 44 heavy (non-hydrogen) atoms. The second-order valence-corrected chi connectivity index (χ2v) is 12.2. The lowest BCUT2D eigenvalue weighted by atomic mass is 9.96. The molecule has 1 aliphatic heterocycles. The van der Waals surface area contributed by atoms with Crippen molar-refractivity contribution in [3.8, 4) is 0 Å². The number of likely N-dealkylation sites (N-methyl/N-ethyl adjacent to an activating group) is 1. The topological polar surface area (TPSA) is 114 Å². The van der Waals surface area contributed by atoms with Gasteiger partial charge in [0.15, 0.2) is 0 Å². The minimum atomic E-state index is -0.994. The van der Waals surface area contributed by atoms with Gasteiger partial charge in [0.1, 0.15) is 0 Å². The highest BCUT2D eigenvalue weighted by Gasteiger charge is 2.28. The number of hydrogen-bond acceptors (Lipinski definition) is 5. The standard InChI is InChI=1S/C35H51N5O4/c1-3-5-12-19-36-29-22-27(23-30(24-29)40-20-13-18-33(40)42)34(43)38-31(21-26-14-8-6-9-15-26)32(41)25-39(4-2)35(44)37-28-16-10-7-11-17-28/h6,8-9,14-15,22-24,28,31-32,36,41H,3-5,7,10-13,16-21,25H2,1-2H3,(H,37,44)(H,38,43)/t31-,32-/m0/s1. The molecule has 4 rings (SSSR count). The van der Waals surface area contributed by atoms with Gasteiger partial charge in [0, 0.05) is 49.0 Å². The van der Waals surface area contributed by atoms with Crippen LogP contribution in [-0.2, 0) is 11.2 Å². The van der Waals surface area contributed by atoms with Crippen molar-refractivity contribution in [3.63, 3.8) is 0 Å². The molecule has 2 fully saturated rings. The maximum atomic E-state index is 13.8. The minimum absolute atomic E-state index is 0.0584. The molecule has 1 heterocycles. The maximum absolute atomic E-state index is 13.8. The monoisotopic (exact) mass is 605 g/mol. The summed E-state index contributed by atoms with van der Waals surface area (Å²) < 4.78 is 0. The molecule has 1 saturated carbocycles. The number of nitrogens with zero attached hydrogens (tertiary/aromatic N) is 2. The van der Waals surface area contributed by atoms with Crippen LogP contribution in [0.15, 0.2) is 48.5 Å². The van der Waals surface area contributed by atoms with Crippen molar-refractivity contribution in [2.24, 2.45) is 0 Å². The fraction of sp³-hybridized carbons (Fsp3) is 0.571. The van der Waals surface area contributed by atoms with Gasteiger partial charge >= 0.3 is 6.03 Å².